The molecule has 2 atom stereocenters. The van der Waals surface area contributed by atoms with Crippen LogP contribution in [0.25, 0.3) is 5.70 Å². The van der Waals surface area contributed by atoms with Crippen LogP contribution in [0.2, 0.25) is 0 Å². The van der Waals surface area contributed by atoms with Crippen LogP contribution in [0.3, 0.4) is 0 Å². The molecule has 1 aromatic carbocycles. The summed E-state index contributed by atoms with van der Waals surface area (Å²) >= 11 is 0. The van der Waals surface area contributed by atoms with Gasteiger partial charge in [-0.25, -0.2) is 9.97 Å². The number of hydrogen-bond donors (Lipinski definition) is 4. The van der Waals surface area contributed by atoms with Gasteiger partial charge in [0.15, 0.2) is 0 Å². The third-order valence-electron chi connectivity index (χ3n) is 5.47. The number of phenols is 1. The van der Waals surface area contributed by atoms with E-state index in [0.29, 0.717) is 29.0 Å². The molecule has 2 aliphatic rings. The molecule has 2 fully saturated rings. The van der Waals surface area contributed by atoms with Gasteiger partial charge in [-0.1, -0.05) is 12.1 Å². The van der Waals surface area contributed by atoms with E-state index >= 15 is 0 Å². The lowest BCUT2D eigenvalue weighted by Crippen LogP contribution is -2.54. The van der Waals surface area contributed by atoms with Crippen LogP contribution in [-0.4, -0.2) is 45.1 Å². The van der Waals surface area contributed by atoms with Crippen LogP contribution in [0.4, 0.5) is 5.69 Å². The normalized spacial score (nSPS) is 21.6. The van der Waals surface area contributed by atoms with Crippen molar-refractivity contribution in [3.63, 3.8) is 0 Å². The van der Waals surface area contributed by atoms with Gasteiger partial charge in [-0.15, -0.1) is 0 Å². The monoisotopic (exact) mass is 379 g/mol. The lowest BCUT2D eigenvalue weighted by Gasteiger charge is -2.43. The smallest absolute Gasteiger partial charge is 0.124 e. The molecule has 0 saturated carbocycles. The van der Waals surface area contributed by atoms with Gasteiger partial charge in [-0.05, 0) is 31.1 Å². The van der Waals surface area contributed by atoms with Crippen LogP contribution in [0.15, 0.2) is 60.6 Å². The molecular weight excluding hydrogens is 354 g/mol. The van der Waals surface area contributed by atoms with Crippen molar-refractivity contribution in [1.82, 2.24) is 14.9 Å². The van der Waals surface area contributed by atoms with Crippen LogP contribution in [0.1, 0.15) is 18.4 Å². The number of aromatic nitrogens is 2. The standard InChI is InChI=1S/C20H25N7O/c21-17(16-3-1-2-4-19(16)28)7-18(20(22)23)26-10-13-5-6-14(11-26)27(13)15-8-24-12-25-9-15/h1-4,7-9,12-14,28H,5-6,10-11,21-23H2/b17-7-. The van der Waals surface area contributed by atoms with Crippen molar-refractivity contribution in [2.45, 2.75) is 24.9 Å². The van der Waals surface area contributed by atoms with E-state index in [1.165, 1.54) is 0 Å². The van der Waals surface area contributed by atoms with Crippen LogP contribution in [0, 0.1) is 0 Å². The first kappa shape index (κ1) is 18.0. The van der Waals surface area contributed by atoms with Gasteiger partial charge in [0.2, 0.25) is 0 Å². The second-order valence-electron chi connectivity index (χ2n) is 7.25. The zero-order valence-electron chi connectivity index (χ0n) is 15.6. The number of phenolic OH excluding ortho intramolecular Hbond substituents is 1. The molecule has 1 aromatic heterocycles. The fraction of sp³-hybridized carbons (Fsp3) is 0.300. The molecule has 3 heterocycles. The first-order valence-corrected chi connectivity index (χ1v) is 9.33. The predicted molar refractivity (Wildman–Crippen MR) is 109 cm³/mol. The highest BCUT2D eigenvalue weighted by atomic mass is 16.3. The number of benzene rings is 1. The van der Waals surface area contributed by atoms with Crippen LogP contribution in [0.5, 0.6) is 5.75 Å². The van der Waals surface area contributed by atoms with Gasteiger partial charge in [0.05, 0.1) is 23.8 Å². The fourth-order valence-electron chi connectivity index (χ4n) is 4.25. The highest BCUT2D eigenvalue weighted by Gasteiger charge is 2.40. The van der Waals surface area contributed by atoms with Crippen molar-refractivity contribution in [2.24, 2.45) is 17.2 Å². The fourth-order valence-corrected chi connectivity index (χ4v) is 4.25. The maximum absolute atomic E-state index is 10.1. The van der Waals surface area contributed by atoms with Crippen molar-refractivity contribution in [2.75, 3.05) is 18.0 Å². The van der Waals surface area contributed by atoms with Gasteiger partial charge in [-0.3, -0.25) is 0 Å². The van der Waals surface area contributed by atoms with Crippen molar-refractivity contribution < 1.29 is 5.11 Å². The summed E-state index contributed by atoms with van der Waals surface area (Å²) < 4.78 is 0. The van der Waals surface area contributed by atoms with Gasteiger partial charge in [-0.2, -0.15) is 0 Å². The number of nitrogens with zero attached hydrogens (tertiary/aromatic N) is 4. The van der Waals surface area contributed by atoms with Crippen molar-refractivity contribution in [3.8, 4) is 5.75 Å². The molecule has 2 aliphatic heterocycles. The minimum absolute atomic E-state index is 0.125. The number of nitrogens with two attached hydrogens (primary N) is 3. The molecule has 2 bridgehead atoms. The first-order chi connectivity index (χ1) is 13.5. The molecule has 0 radical (unpaired) electrons. The van der Waals surface area contributed by atoms with Gasteiger partial charge in [0.25, 0.3) is 0 Å². The summed E-state index contributed by atoms with van der Waals surface area (Å²) in [6, 6.07) is 7.61. The molecule has 0 spiro atoms. The zero-order chi connectivity index (χ0) is 19.7. The van der Waals surface area contributed by atoms with E-state index < -0.39 is 0 Å². The Labute approximate surface area is 164 Å². The van der Waals surface area contributed by atoms with Crippen LogP contribution in [-0.2, 0) is 0 Å². The Morgan fingerprint density at radius 1 is 1.04 bits per heavy atom. The number of hydrogen-bond acceptors (Lipinski definition) is 8. The molecule has 2 aromatic rings. The summed E-state index contributed by atoms with van der Waals surface area (Å²) in [5, 5.41) is 10.1. The average molecular weight is 379 g/mol. The maximum Gasteiger partial charge on any atom is 0.124 e. The molecule has 8 heteroatoms. The van der Waals surface area contributed by atoms with Crippen LogP contribution >= 0.6 is 0 Å². The van der Waals surface area contributed by atoms with E-state index in [9.17, 15) is 5.11 Å². The Kier molecular flexibility index (Phi) is 4.68. The van der Waals surface area contributed by atoms with E-state index in [-0.39, 0.29) is 11.6 Å². The van der Waals surface area contributed by atoms with Gasteiger partial charge >= 0.3 is 0 Å². The number of fused-ring (bicyclic) bond motifs is 2. The molecule has 7 N–H and O–H groups in total. The first-order valence-electron chi connectivity index (χ1n) is 9.33. The highest BCUT2D eigenvalue weighted by molar-refractivity contribution is 5.70. The minimum Gasteiger partial charge on any atom is -0.507 e. The number of aromatic hydroxyl groups is 1. The number of rotatable bonds is 4. The van der Waals surface area contributed by atoms with E-state index in [4.69, 9.17) is 17.2 Å². The topological polar surface area (TPSA) is 131 Å². The lowest BCUT2D eigenvalue weighted by molar-refractivity contribution is 0.277. The van der Waals surface area contributed by atoms with E-state index in [1.807, 2.05) is 18.5 Å². The largest absolute Gasteiger partial charge is 0.507 e. The van der Waals surface area contributed by atoms with Gasteiger partial charge < -0.3 is 32.1 Å². The maximum atomic E-state index is 10.1. The Balaban J connectivity index is 1.59. The summed E-state index contributed by atoms with van der Waals surface area (Å²) in [6.45, 7) is 1.56. The molecule has 2 unspecified atom stereocenters. The second-order valence-corrected chi connectivity index (χ2v) is 7.25. The summed E-state index contributed by atoms with van der Waals surface area (Å²) in [7, 11) is 0. The Hall–Kier alpha value is -3.42. The minimum atomic E-state index is 0.125. The van der Waals surface area contributed by atoms with Gasteiger partial charge in [0, 0.05) is 36.4 Å². The molecule has 4 rings (SSSR count). The highest BCUT2D eigenvalue weighted by Crippen LogP contribution is 2.36. The SMILES string of the molecule is NC(N)=C(/C=C(\N)c1ccccc1O)N1CC2CCC(C1)N2c1cncnc1. The van der Waals surface area contributed by atoms with E-state index in [1.54, 1.807) is 30.6 Å². The number of para-hydroxylation sites is 1. The molecule has 0 aliphatic carbocycles. The summed E-state index contributed by atoms with van der Waals surface area (Å²) in [5.74, 6) is 0.342. The molecule has 28 heavy (non-hydrogen) atoms. The molecule has 0 amide bonds. The van der Waals surface area contributed by atoms with Crippen molar-refractivity contribution in [1.29, 1.82) is 0 Å². The second kappa shape index (κ2) is 7.30. The Morgan fingerprint density at radius 3 is 2.29 bits per heavy atom. The molecule has 146 valence electrons. The van der Waals surface area contributed by atoms with E-state index in [2.05, 4.69) is 19.8 Å². The molecule has 8 nitrogen and oxygen atoms in total. The Bertz CT molecular complexity index is 894. The molecular formula is C20H25N7O. The number of piperazine rings is 1. The number of anilines is 1. The average Bonchev–Trinajstić information content (AvgIpc) is 2.96. The summed E-state index contributed by atoms with van der Waals surface area (Å²) in [6.07, 6.45) is 9.20. The van der Waals surface area contributed by atoms with Gasteiger partial charge in [0.1, 0.15) is 17.9 Å². The third kappa shape index (κ3) is 3.28. The third-order valence-corrected chi connectivity index (χ3v) is 5.47. The van der Waals surface area contributed by atoms with Crippen molar-refractivity contribution in [3.05, 3.63) is 66.1 Å². The predicted octanol–water partition coefficient (Wildman–Crippen LogP) is 0.921. The molecule has 2 saturated heterocycles. The Morgan fingerprint density at radius 2 is 1.68 bits per heavy atom. The summed E-state index contributed by atoms with van der Waals surface area (Å²) in [4.78, 5) is 12.9. The quantitative estimate of drug-likeness (QED) is 0.577. The zero-order valence-corrected chi connectivity index (χ0v) is 15.6. The summed E-state index contributed by atoms with van der Waals surface area (Å²) in [5.41, 5.74) is 21.0. The van der Waals surface area contributed by atoms with Crippen LogP contribution < -0.4 is 22.1 Å². The van der Waals surface area contributed by atoms with E-state index in [0.717, 1.165) is 31.6 Å². The van der Waals surface area contributed by atoms with Crippen molar-refractivity contribution >= 4 is 11.4 Å². The number of allylic oxidation sites excluding steroid dienone is 1. The number of likely N-dealkylation sites (tertiary alicyclic amines) is 1. The lowest BCUT2D eigenvalue weighted by atomic mass is 10.1.